The Balaban J connectivity index is 1.63. The number of benzene rings is 3. The fourth-order valence-electron chi connectivity index (χ4n) is 3.50. The standard InChI is InChI=1S/C24H14F3N3O2/c25-24(26,27)18-13-21(31)32-20-12-15(10-11-16(18)20)28-23-17-8-4-5-9-19(17)29-22(30-23)14-6-2-1-3-7-14/h1-13H,(H,28,29,30). The molecule has 0 spiro atoms. The molecule has 3 aromatic carbocycles. The quantitative estimate of drug-likeness (QED) is 0.345. The van der Waals surface area contributed by atoms with Crippen LogP contribution in [0.3, 0.4) is 0 Å². The topological polar surface area (TPSA) is 68.0 Å². The molecule has 0 aliphatic rings. The largest absolute Gasteiger partial charge is 0.423 e. The van der Waals surface area contributed by atoms with E-state index in [1.165, 1.54) is 18.2 Å². The van der Waals surface area contributed by atoms with Gasteiger partial charge in [0.05, 0.1) is 11.1 Å². The highest BCUT2D eigenvalue weighted by atomic mass is 19.4. The zero-order chi connectivity index (χ0) is 22.3. The second-order valence-electron chi connectivity index (χ2n) is 7.09. The normalized spacial score (nSPS) is 11.7. The summed E-state index contributed by atoms with van der Waals surface area (Å²) < 4.78 is 45.0. The van der Waals surface area contributed by atoms with Gasteiger partial charge in [-0.2, -0.15) is 13.2 Å². The highest BCUT2D eigenvalue weighted by molar-refractivity contribution is 5.93. The molecule has 0 radical (unpaired) electrons. The van der Waals surface area contributed by atoms with E-state index in [0.717, 1.165) is 10.9 Å². The van der Waals surface area contributed by atoms with Crippen molar-refractivity contribution in [2.45, 2.75) is 6.18 Å². The Kier molecular flexibility index (Phi) is 4.62. The molecule has 0 aliphatic carbocycles. The molecule has 158 valence electrons. The van der Waals surface area contributed by atoms with Crippen LogP contribution in [0.4, 0.5) is 24.7 Å². The molecule has 1 N–H and O–H groups in total. The van der Waals surface area contributed by atoms with Crippen LogP contribution in [0.5, 0.6) is 0 Å². The first-order valence-corrected chi connectivity index (χ1v) is 9.63. The third-order valence-corrected chi connectivity index (χ3v) is 4.95. The number of fused-ring (bicyclic) bond motifs is 2. The Bertz CT molecular complexity index is 1510. The number of alkyl halides is 3. The van der Waals surface area contributed by atoms with Gasteiger partial charge in [-0.1, -0.05) is 42.5 Å². The van der Waals surface area contributed by atoms with Crippen LogP contribution in [0.15, 0.2) is 88.1 Å². The molecule has 2 heterocycles. The van der Waals surface area contributed by atoms with Crippen LogP contribution in [-0.4, -0.2) is 9.97 Å². The molecule has 0 aliphatic heterocycles. The number of para-hydroxylation sites is 1. The van der Waals surface area contributed by atoms with Crippen molar-refractivity contribution in [3.63, 3.8) is 0 Å². The van der Waals surface area contributed by atoms with E-state index in [1.807, 2.05) is 54.6 Å². The first-order valence-electron chi connectivity index (χ1n) is 9.63. The number of anilines is 2. The van der Waals surface area contributed by atoms with Gasteiger partial charge in [0.2, 0.25) is 0 Å². The van der Waals surface area contributed by atoms with Crippen molar-refractivity contribution in [2.24, 2.45) is 0 Å². The van der Waals surface area contributed by atoms with Gasteiger partial charge in [-0.25, -0.2) is 14.8 Å². The predicted octanol–water partition coefficient (Wildman–Crippen LogP) is 6.17. The molecule has 8 heteroatoms. The molecular formula is C24H14F3N3O2. The first-order chi connectivity index (χ1) is 15.4. The monoisotopic (exact) mass is 433 g/mol. The molecule has 5 nitrogen and oxygen atoms in total. The third kappa shape index (κ3) is 3.66. The number of nitrogens with zero attached hydrogens (tertiary/aromatic N) is 2. The van der Waals surface area contributed by atoms with E-state index >= 15 is 0 Å². The number of nitrogens with one attached hydrogen (secondary N) is 1. The second-order valence-corrected chi connectivity index (χ2v) is 7.09. The van der Waals surface area contributed by atoms with E-state index in [9.17, 15) is 18.0 Å². The molecule has 5 rings (SSSR count). The average molecular weight is 433 g/mol. The molecule has 0 atom stereocenters. The van der Waals surface area contributed by atoms with Crippen molar-refractivity contribution in [1.29, 1.82) is 0 Å². The maximum absolute atomic E-state index is 13.3. The van der Waals surface area contributed by atoms with Crippen molar-refractivity contribution in [2.75, 3.05) is 5.32 Å². The summed E-state index contributed by atoms with van der Waals surface area (Å²) in [5.74, 6) is 0.974. The zero-order valence-corrected chi connectivity index (χ0v) is 16.4. The number of hydrogen-bond acceptors (Lipinski definition) is 5. The van der Waals surface area contributed by atoms with Crippen LogP contribution in [0.25, 0.3) is 33.3 Å². The summed E-state index contributed by atoms with van der Waals surface area (Å²) in [6, 6.07) is 21.4. The minimum Gasteiger partial charge on any atom is -0.423 e. The Morgan fingerprint density at radius 2 is 1.56 bits per heavy atom. The van der Waals surface area contributed by atoms with E-state index in [1.54, 1.807) is 0 Å². The summed E-state index contributed by atoms with van der Waals surface area (Å²) in [5.41, 5.74) is -0.328. The Labute approximate surface area is 179 Å². The summed E-state index contributed by atoms with van der Waals surface area (Å²) >= 11 is 0. The van der Waals surface area contributed by atoms with Crippen LogP contribution < -0.4 is 10.9 Å². The molecular weight excluding hydrogens is 419 g/mol. The summed E-state index contributed by atoms with van der Waals surface area (Å²) in [4.78, 5) is 20.9. The highest BCUT2D eigenvalue weighted by Crippen LogP contribution is 2.35. The minimum absolute atomic E-state index is 0.170. The Morgan fingerprint density at radius 3 is 2.34 bits per heavy atom. The fourth-order valence-corrected chi connectivity index (χ4v) is 3.50. The van der Waals surface area contributed by atoms with Crippen LogP contribution in [0.2, 0.25) is 0 Å². The van der Waals surface area contributed by atoms with Gasteiger partial charge in [-0.15, -0.1) is 0 Å². The summed E-state index contributed by atoms with van der Waals surface area (Å²) in [7, 11) is 0. The van der Waals surface area contributed by atoms with Gasteiger partial charge in [-0.05, 0) is 24.3 Å². The van der Waals surface area contributed by atoms with Crippen molar-refractivity contribution >= 4 is 33.4 Å². The minimum atomic E-state index is -4.67. The van der Waals surface area contributed by atoms with E-state index in [2.05, 4.69) is 15.3 Å². The smallest absolute Gasteiger partial charge is 0.417 e. The Hall–Kier alpha value is -4.20. The number of rotatable bonds is 3. The fraction of sp³-hybridized carbons (Fsp3) is 0.0417. The van der Waals surface area contributed by atoms with Crippen molar-refractivity contribution in [3.8, 4) is 11.4 Å². The van der Waals surface area contributed by atoms with Crippen LogP contribution in [0.1, 0.15) is 5.56 Å². The lowest BCUT2D eigenvalue weighted by molar-refractivity contribution is -0.136. The third-order valence-electron chi connectivity index (χ3n) is 4.95. The second kappa shape index (κ2) is 7.49. The van der Waals surface area contributed by atoms with E-state index in [4.69, 9.17) is 4.42 Å². The van der Waals surface area contributed by atoms with E-state index in [0.29, 0.717) is 28.9 Å². The summed E-state index contributed by atoms with van der Waals surface area (Å²) in [6.45, 7) is 0. The van der Waals surface area contributed by atoms with Gasteiger partial charge in [0.1, 0.15) is 11.4 Å². The van der Waals surface area contributed by atoms with E-state index in [-0.39, 0.29) is 11.0 Å². The molecule has 0 saturated carbocycles. The molecule has 0 unspecified atom stereocenters. The molecule has 32 heavy (non-hydrogen) atoms. The molecule has 0 fully saturated rings. The maximum Gasteiger partial charge on any atom is 0.417 e. The van der Waals surface area contributed by atoms with E-state index < -0.39 is 17.4 Å². The SMILES string of the molecule is O=c1cc(C(F)(F)F)c2ccc(Nc3nc(-c4ccccc4)nc4ccccc34)cc2o1. The van der Waals surface area contributed by atoms with Gasteiger partial charge < -0.3 is 9.73 Å². The van der Waals surface area contributed by atoms with Crippen LogP contribution >= 0.6 is 0 Å². The molecule has 0 bridgehead atoms. The van der Waals surface area contributed by atoms with Gasteiger partial charge in [0.25, 0.3) is 0 Å². The Morgan fingerprint density at radius 1 is 0.812 bits per heavy atom. The lowest BCUT2D eigenvalue weighted by Gasteiger charge is -2.13. The van der Waals surface area contributed by atoms with Crippen molar-refractivity contribution in [1.82, 2.24) is 9.97 Å². The van der Waals surface area contributed by atoms with Crippen LogP contribution in [0, 0.1) is 0 Å². The van der Waals surface area contributed by atoms with Gasteiger partial charge in [-0.3, -0.25) is 0 Å². The highest BCUT2D eigenvalue weighted by Gasteiger charge is 2.33. The van der Waals surface area contributed by atoms with Crippen molar-refractivity contribution < 1.29 is 17.6 Å². The molecule has 0 amide bonds. The van der Waals surface area contributed by atoms with Gasteiger partial charge in [0, 0.05) is 34.2 Å². The number of hydrogen-bond donors (Lipinski definition) is 1. The van der Waals surface area contributed by atoms with Gasteiger partial charge >= 0.3 is 11.8 Å². The van der Waals surface area contributed by atoms with Crippen molar-refractivity contribution in [3.05, 3.63) is 94.8 Å². The maximum atomic E-state index is 13.3. The lowest BCUT2D eigenvalue weighted by Crippen LogP contribution is -2.11. The zero-order valence-electron chi connectivity index (χ0n) is 16.4. The number of halogens is 3. The first kappa shape index (κ1) is 19.7. The summed E-state index contributed by atoms with van der Waals surface area (Å²) in [6.07, 6.45) is -4.67. The average Bonchev–Trinajstić information content (AvgIpc) is 2.78. The molecule has 2 aromatic heterocycles. The molecule has 5 aromatic rings. The predicted molar refractivity (Wildman–Crippen MR) is 116 cm³/mol. The number of aromatic nitrogens is 2. The van der Waals surface area contributed by atoms with Crippen LogP contribution in [-0.2, 0) is 6.18 Å². The summed E-state index contributed by atoms with van der Waals surface area (Å²) in [5, 5.41) is 3.67. The van der Waals surface area contributed by atoms with Gasteiger partial charge in [0.15, 0.2) is 5.82 Å². The lowest BCUT2D eigenvalue weighted by atomic mass is 10.1. The molecule has 0 saturated heterocycles.